The molecule has 0 aliphatic rings. The smallest absolute Gasteiger partial charge is 0.273 e. The van der Waals surface area contributed by atoms with Crippen LogP contribution in [0, 0.1) is 10.1 Å². The molecule has 1 aromatic rings. The van der Waals surface area contributed by atoms with E-state index in [4.69, 9.17) is 10.5 Å². The number of nitro groups is 1. The molecule has 1 atom stereocenters. The van der Waals surface area contributed by atoms with Gasteiger partial charge in [0.25, 0.3) is 5.69 Å². The van der Waals surface area contributed by atoms with Crippen LogP contribution in [0.2, 0.25) is 0 Å². The van der Waals surface area contributed by atoms with Crippen molar-refractivity contribution in [1.29, 1.82) is 0 Å². The summed E-state index contributed by atoms with van der Waals surface area (Å²) in [6, 6.07) is 4.27. The highest BCUT2D eigenvalue weighted by atomic mass is 16.6. The van der Waals surface area contributed by atoms with Crippen molar-refractivity contribution < 1.29 is 14.5 Å². The van der Waals surface area contributed by atoms with Crippen LogP contribution in [0.25, 0.3) is 0 Å². The number of methoxy groups -OCH3 is 1. The van der Waals surface area contributed by atoms with Crippen LogP contribution in [-0.4, -0.2) is 24.0 Å². The molecule has 17 heavy (non-hydrogen) atoms. The molecule has 1 unspecified atom stereocenters. The Bertz CT molecular complexity index is 413. The maximum Gasteiger partial charge on any atom is 0.273 e. The number of benzene rings is 1. The Labute approximate surface area is 98.5 Å². The molecular weight excluding hydrogens is 224 g/mol. The van der Waals surface area contributed by atoms with E-state index in [2.05, 4.69) is 0 Å². The second kappa shape index (κ2) is 5.40. The minimum Gasteiger partial charge on any atom is -0.381 e. The molecule has 0 aliphatic heterocycles. The van der Waals surface area contributed by atoms with Crippen LogP contribution in [0.15, 0.2) is 18.2 Å². The molecule has 92 valence electrons. The highest BCUT2D eigenvalue weighted by Crippen LogP contribution is 2.24. The lowest BCUT2D eigenvalue weighted by atomic mass is 9.99. The van der Waals surface area contributed by atoms with E-state index < -0.39 is 10.8 Å². The minimum atomic E-state index is -0.674. The van der Waals surface area contributed by atoms with E-state index in [9.17, 15) is 14.9 Å². The first-order chi connectivity index (χ1) is 7.97. The monoisotopic (exact) mass is 238 g/mol. The zero-order valence-electron chi connectivity index (χ0n) is 9.67. The Kier molecular flexibility index (Phi) is 4.17. The summed E-state index contributed by atoms with van der Waals surface area (Å²) < 4.78 is 5.05. The van der Waals surface area contributed by atoms with Gasteiger partial charge in [0, 0.05) is 30.7 Å². The van der Waals surface area contributed by atoms with Gasteiger partial charge in [-0.25, -0.2) is 0 Å². The van der Waals surface area contributed by atoms with Crippen LogP contribution in [0.1, 0.15) is 22.8 Å². The van der Waals surface area contributed by atoms with E-state index in [1.165, 1.54) is 25.3 Å². The number of rotatable bonds is 5. The molecule has 6 heteroatoms. The SMILES string of the molecule is COC(C)Cc1c(C(N)=O)cccc1[N+](=O)[O-]. The Morgan fingerprint density at radius 3 is 2.71 bits per heavy atom. The van der Waals surface area contributed by atoms with E-state index in [0.29, 0.717) is 5.56 Å². The van der Waals surface area contributed by atoms with Crippen molar-refractivity contribution in [2.45, 2.75) is 19.4 Å². The molecule has 0 saturated carbocycles. The predicted octanol–water partition coefficient (Wildman–Crippen LogP) is 1.27. The van der Waals surface area contributed by atoms with Crippen molar-refractivity contribution in [3.05, 3.63) is 39.4 Å². The fraction of sp³-hybridized carbons (Fsp3) is 0.364. The van der Waals surface area contributed by atoms with Crippen LogP contribution in [0.4, 0.5) is 5.69 Å². The summed E-state index contributed by atoms with van der Waals surface area (Å²) in [5.74, 6) is -0.674. The second-order valence-corrected chi connectivity index (χ2v) is 3.68. The number of carbonyl (C=O) groups is 1. The average Bonchev–Trinajstić information content (AvgIpc) is 2.28. The van der Waals surface area contributed by atoms with Crippen LogP contribution < -0.4 is 5.73 Å². The third-order valence-electron chi connectivity index (χ3n) is 2.51. The third kappa shape index (κ3) is 3.01. The molecule has 0 aromatic heterocycles. The molecule has 2 N–H and O–H groups in total. The first-order valence-electron chi connectivity index (χ1n) is 5.06. The number of nitrogens with zero attached hydrogens (tertiary/aromatic N) is 1. The lowest BCUT2D eigenvalue weighted by molar-refractivity contribution is -0.385. The third-order valence-corrected chi connectivity index (χ3v) is 2.51. The van der Waals surface area contributed by atoms with E-state index in [-0.39, 0.29) is 23.8 Å². The van der Waals surface area contributed by atoms with Gasteiger partial charge >= 0.3 is 0 Å². The molecule has 1 rings (SSSR count). The number of hydrogen-bond acceptors (Lipinski definition) is 4. The predicted molar refractivity (Wildman–Crippen MR) is 61.8 cm³/mol. The lowest BCUT2D eigenvalue weighted by Gasteiger charge is -2.12. The normalized spacial score (nSPS) is 12.1. The molecule has 1 amide bonds. The van der Waals surface area contributed by atoms with E-state index >= 15 is 0 Å². The van der Waals surface area contributed by atoms with Crippen molar-refractivity contribution in [3.8, 4) is 0 Å². The first-order valence-corrected chi connectivity index (χ1v) is 5.06. The van der Waals surface area contributed by atoms with Gasteiger partial charge in [-0.05, 0) is 13.0 Å². The molecule has 0 saturated heterocycles. The van der Waals surface area contributed by atoms with Crippen molar-refractivity contribution >= 4 is 11.6 Å². The van der Waals surface area contributed by atoms with Gasteiger partial charge in [0.2, 0.25) is 5.91 Å². The number of amides is 1. The Morgan fingerprint density at radius 2 is 2.24 bits per heavy atom. The van der Waals surface area contributed by atoms with Crippen molar-refractivity contribution in [1.82, 2.24) is 0 Å². The van der Waals surface area contributed by atoms with Gasteiger partial charge in [0.15, 0.2) is 0 Å². The van der Waals surface area contributed by atoms with Gasteiger partial charge in [-0.1, -0.05) is 6.07 Å². The Balaban J connectivity index is 3.28. The van der Waals surface area contributed by atoms with E-state index in [1.807, 2.05) is 0 Å². The lowest BCUT2D eigenvalue weighted by Crippen LogP contribution is -2.18. The zero-order chi connectivity index (χ0) is 13.0. The van der Waals surface area contributed by atoms with Crippen molar-refractivity contribution in [2.24, 2.45) is 5.73 Å². The summed E-state index contributed by atoms with van der Waals surface area (Å²) in [6.45, 7) is 1.77. The minimum absolute atomic E-state index is 0.106. The molecule has 6 nitrogen and oxygen atoms in total. The van der Waals surface area contributed by atoms with Gasteiger partial charge in [-0.15, -0.1) is 0 Å². The van der Waals surface area contributed by atoms with Crippen LogP contribution in [-0.2, 0) is 11.2 Å². The number of nitrogens with two attached hydrogens (primary N) is 1. The molecule has 1 aromatic carbocycles. The number of hydrogen-bond donors (Lipinski definition) is 1. The molecule has 0 bridgehead atoms. The molecule has 0 spiro atoms. The molecule has 0 radical (unpaired) electrons. The highest BCUT2D eigenvalue weighted by molar-refractivity contribution is 5.95. The molecular formula is C11H14N2O4. The number of primary amides is 1. The van der Waals surface area contributed by atoms with Gasteiger partial charge < -0.3 is 10.5 Å². The van der Waals surface area contributed by atoms with E-state index in [0.717, 1.165) is 0 Å². The van der Waals surface area contributed by atoms with Gasteiger partial charge in [0.1, 0.15) is 0 Å². The summed E-state index contributed by atoms with van der Waals surface area (Å²) in [7, 11) is 1.50. The van der Waals surface area contributed by atoms with Gasteiger partial charge in [-0.3, -0.25) is 14.9 Å². The number of nitro benzene ring substituents is 1. The molecule has 0 fully saturated rings. The largest absolute Gasteiger partial charge is 0.381 e. The fourth-order valence-electron chi connectivity index (χ4n) is 1.56. The second-order valence-electron chi connectivity index (χ2n) is 3.68. The first kappa shape index (κ1) is 13.1. The average molecular weight is 238 g/mol. The maximum absolute atomic E-state index is 11.2. The summed E-state index contributed by atoms with van der Waals surface area (Å²) in [5.41, 5.74) is 5.58. The summed E-state index contributed by atoms with van der Waals surface area (Å²) >= 11 is 0. The van der Waals surface area contributed by atoms with Crippen molar-refractivity contribution in [2.75, 3.05) is 7.11 Å². The zero-order valence-corrected chi connectivity index (χ0v) is 9.67. The summed E-state index contributed by atoms with van der Waals surface area (Å²) in [6.07, 6.45) is 0.0422. The summed E-state index contributed by atoms with van der Waals surface area (Å²) in [4.78, 5) is 21.6. The summed E-state index contributed by atoms with van der Waals surface area (Å²) in [5, 5.41) is 10.9. The molecule has 0 aliphatic carbocycles. The Morgan fingerprint density at radius 1 is 1.59 bits per heavy atom. The van der Waals surface area contributed by atoms with Gasteiger partial charge in [0.05, 0.1) is 11.0 Å². The highest BCUT2D eigenvalue weighted by Gasteiger charge is 2.21. The number of ether oxygens (including phenoxy) is 1. The van der Waals surface area contributed by atoms with Crippen LogP contribution in [0.5, 0.6) is 0 Å². The van der Waals surface area contributed by atoms with Crippen LogP contribution >= 0.6 is 0 Å². The quantitative estimate of drug-likeness (QED) is 0.617. The molecule has 0 heterocycles. The number of carbonyl (C=O) groups excluding carboxylic acids is 1. The van der Waals surface area contributed by atoms with Crippen molar-refractivity contribution in [3.63, 3.8) is 0 Å². The standard InChI is InChI=1S/C11H14N2O4/c1-7(17-2)6-9-8(11(12)14)4-3-5-10(9)13(15)16/h3-5,7H,6H2,1-2H3,(H2,12,14). The fourth-order valence-corrected chi connectivity index (χ4v) is 1.56. The maximum atomic E-state index is 11.2. The topological polar surface area (TPSA) is 95.5 Å². The van der Waals surface area contributed by atoms with Crippen LogP contribution in [0.3, 0.4) is 0 Å². The van der Waals surface area contributed by atoms with E-state index in [1.54, 1.807) is 6.92 Å². The van der Waals surface area contributed by atoms with Gasteiger partial charge in [-0.2, -0.15) is 0 Å². The Hall–Kier alpha value is -1.95.